The highest BCUT2D eigenvalue weighted by atomic mass is 32.1. The molecule has 0 bridgehead atoms. The molecule has 0 radical (unpaired) electrons. The minimum absolute atomic E-state index is 0.0275. The van der Waals surface area contributed by atoms with Crippen molar-refractivity contribution in [3.8, 4) is 0 Å². The number of aliphatic hydroxyl groups excluding tert-OH is 1. The Morgan fingerprint density at radius 2 is 1.08 bits per heavy atom. The number of rotatable bonds is 11. The molecule has 0 fully saturated rings. The number of aliphatic carboxylic acids is 1. The van der Waals surface area contributed by atoms with Crippen LogP contribution in [-0.2, 0) is 49.5 Å². The summed E-state index contributed by atoms with van der Waals surface area (Å²) in [5, 5.41) is 20.7. The van der Waals surface area contributed by atoms with E-state index in [1.807, 2.05) is 0 Å². The van der Waals surface area contributed by atoms with Crippen molar-refractivity contribution in [1.82, 2.24) is 9.97 Å². The van der Waals surface area contributed by atoms with Gasteiger partial charge in [0.2, 0.25) is 11.8 Å². The van der Waals surface area contributed by atoms with Crippen LogP contribution in [0.1, 0.15) is 46.6 Å². The average Bonchev–Trinajstić information content (AvgIpc) is 3.74. The lowest BCUT2D eigenvalue weighted by Gasteiger charge is -2.05. The molecule has 2 aromatic carbocycles. The Balaban J connectivity index is 0.000000297. The molecule has 2 heterocycles. The zero-order valence-electron chi connectivity index (χ0n) is 25.7. The summed E-state index contributed by atoms with van der Waals surface area (Å²) in [5.74, 6) is -3.84. The van der Waals surface area contributed by atoms with Gasteiger partial charge in [-0.05, 0) is 35.4 Å². The van der Waals surface area contributed by atoms with Crippen LogP contribution in [0.25, 0.3) is 0 Å². The summed E-state index contributed by atoms with van der Waals surface area (Å²) in [5.41, 5.74) is 1.32. The first-order chi connectivity index (χ1) is 23.8. The van der Waals surface area contributed by atoms with E-state index in [1.54, 1.807) is 12.1 Å². The Kier molecular flexibility index (Phi) is 16.5. The number of amides is 2. The van der Waals surface area contributed by atoms with E-state index in [0.717, 1.165) is 5.56 Å². The normalized spacial score (nSPS) is 10.9. The Hall–Kier alpha value is -5.02. The second-order valence-electron chi connectivity index (χ2n) is 9.62. The van der Waals surface area contributed by atoms with Crippen molar-refractivity contribution in [2.75, 3.05) is 10.6 Å². The maximum Gasteiger partial charge on any atom is 0.427 e. The van der Waals surface area contributed by atoms with Gasteiger partial charge in [-0.1, -0.05) is 46.9 Å². The summed E-state index contributed by atoms with van der Waals surface area (Å²) in [6, 6.07) is 11.1. The lowest BCUT2D eigenvalue weighted by Crippen LogP contribution is -2.14. The zero-order chi connectivity index (χ0) is 38.2. The van der Waals surface area contributed by atoms with Gasteiger partial charge >= 0.3 is 24.3 Å². The number of aliphatic hydroxyl groups is 1. The van der Waals surface area contributed by atoms with Crippen LogP contribution in [0.4, 0.5) is 45.4 Å². The molecule has 4 aromatic rings. The molecule has 0 unspecified atom stereocenters. The van der Waals surface area contributed by atoms with E-state index in [1.165, 1.54) is 36.4 Å². The Bertz CT molecular complexity index is 1730. The predicted octanol–water partition coefficient (Wildman–Crippen LogP) is 7.05. The van der Waals surface area contributed by atoms with Crippen molar-refractivity contribution in [2.24, 2.45) is 0 Å². The van der Waals surface area contributed by atoms with E-state index in [2.05, 4.69) is 20.6 Å². The van der Waals surface area contributed by atoms with Gasteiger partial charge in [-0.15, -0.1) is 0 Å². The van der Waals surface area contributed by atoms with E-state index < -0.39 is 51.7 Å². The number of thiazole rings is 2. The molecule has 2 amide bonds. The largest absolute Gasteiger partial charge is 0.481 e. The van der Waals surface area contributed by atoms with E-state index in [0.29, 0.717) is 29.3 Å². The molecular formula is C30H26F8N4O7S2. The summed E-state index contributed by atoms with van der Waals surface area (Å²) in [6.45, 7) is -0.0948. The molecule has 2 aromatic heterocycles. The maximum atomic E-state index is 12.7. The van der Waals surface area contributed by atoms with E-state index >= 15 is 0 Å². The molecule has 4 rings (SSSR count). The molecule has 0 saturated heterocycles. The van der Waals surface area contributed by atoms with E-state index in [9.17, 15) is 54.3 Å². The standard InChI is InChI=1S/C15H12F4N2O3S.C8H7F3N2O3S.C7H7FO/c16-10-3-1-9(2-4-10)8-24-13(23)6-5-12(22)21-14-20-7-11(25-14)15(17,18)19;9-8(10,11)4-3-12-7(17-4)13-5(14)1-2-6(15)16;8-7-3-1-6(5-9)2-4-7/h1-4,7H,5-6,8H2,(H,20,21,22);3H,1-2H2,(H,15,16)(H,12,13,14);1-4,9H,5H2. The van der Waals surface area contributed by atoms with Crippen LogP contribution >= 0.6 is 22.7 Å². The summed E-state index contributed by atoms with van der Waals surface area (Å²) in [6.07, 6.45) is -8.99. The summed E-state index contributed by atoms with van der Waals surface area (Å²) >= 11 is 0.583. The van der Waals surface area contributed by atoms with Crippen molar-refractivity contribution >= 4 is 56.7 Å². The first-order valence-corrected chi connectivity index (χ1v) is 15.6. The van der Waals surface area contributed by atoms with Gasteiger partial charge in [-0.25, -0.2) is 18.7 Å². The quantitative estimate of drug-likeness (QED) is 0.0924. The SMILES string of the molecule is O=C(CCC(=O)OCc1ccc(F)cc1)Nc1ncc(C(F)(F)F)s1.O=C(O)CCC(=O)Nc1ncc(C(F)(F)F)s1.OCc1ccc(F)cc1. The van der Waals surface area contributed by atoms with Crippen molar-refractivity contribution in [3.63, 3.8) is 0 Å². The van der Waals surface area contributed by atoms with Crippen LogP contribution < -0.4 is 10.6 Å². The highest BCUT2D eigenvalue weighted by Gasteiger charge is 2.34. The Morgan fingerprint density at radius 3 is 1.45 bits per heavy atom. The molecule has 51 heavy (non-hydrogen) atoms. The fraction of sp³-hybridized carbons (Fsp3) is 0.267. The smallest absolute Gasteiger partial charge is 0.427 e. The third-order valence-corrected chi connectivity index (χ3v) is 7.51. The highest BCUT2D eigenvalue weighted by Crippen LogP contribution is 2.36. The molecule has 21 heteroatoms. The summed E-state index contributed by atoms with van der Waals surface area (Å²) in [7, 11) is 0. The molecule has 0 aliphatic rings. The van der Waals surface area contributed by atoms with E-state index in [4.69, 9.17) is 14.9 Å². The maximum absolute atomic E-state index is 12.7. The van der Waals surface area contributed by atoms with Gasteiger partial charge in [0.15, 0.2) is 10.3 Å². The number of aromatic nitrogens is 2. The van der Waals surface area contributed by atoms with Crippen LogP contribution in [0.2, 0.25) is 0 Å². The van der Waals surface area contributed by atoms with Gasteiger partial charge in [-0.2, -0.15) is 26.3 Å². The molecular weight excluding hydrogens is 744 g/mol. The summed E-state index contributed by atoms with van der Waals surface area (Å²) < 4.78 is 104. The van der Waals surface area contributed by atoms with Crippen LogP contribution in [-0.4, -0.2) is 43.9 Å². The van der Waals surface area contributed by atoms with Crippen molar-refractivity contribution in [2.45, 2.75) is 51.2 Å². The lowest BCUT2D eigenvalue weighted by molar-refractivity contribution is -0.146. The van der Waals surface area contributed by atoms with Crippen LogP contribution in [0.15, 0.2) is 60.9 Å². The Morgan fingerprint density at radius 1 is 0.667 bits per heavy atom. The number of alkyl halides is 6. The average molecular weight is 771 g/mol. The van der Waals surface area contributed by atoms with Gasteiger partial charge < -0.3 is 25.6 Å². The fourth-order valence-corrected chi connectivity index (χ4v) is 4.53. The number of carbonyl (C=O) groups is 4. The topological polar surface area (TPSA) is 168 Å². The van der Waals surface area contributed by atoms with Gasteiger partial charge in [-0.3, -0.25) is 19.2 Å². The molecule has 0 saturated carbocycles. The van der Waals surface area contributed by atoms with Crippen molar-refractivity contribution in [1.29, 1.82) is 0 Å². The van der Waals surface area contributed by atoms with E-state index in [-0.39, 0.29) is 66.3 Å². The van der Waals surface area contributed by atoms with Crippen molar-refractivity contribution in [3.05, 3.63) is 93.4 Å². The molecule has 276 valence electrons. The minimum Gasteiger partial charge on any atom is -0.481 e. The number of nitrogens with one attached hydrogen (secondary N) is 2. The minimum atomic E-state index is -4.52. The number of halogens is 8. The number of carboxylic acid groups (broad SMARTS) is 1. The number of anilines is 2. The van der Waals surface area contributed by atoms with Crippen LogP contribution in [0.3, 0.4) is 0 Å². The number of esters is 1. The number of hydrogen-bond acceptors (Lipinski definition) is 10. The second-order valence-corrected chi connectivity index (χ2v) is 11.7. The molecule has 0 aliphatic carbocycles. The number of benzene rings is 2. The predicted molar refractivity (Wildman–Crippen MR) is 166 cm³/mol. The first kappa shape index (κ1) is 42.1. The monoisotopic (exact) mass is 770 g/mol. The van der Waals surface area contributed by atoms with Gasteiger partial charge in [0.05, 0.1) is 31.8 Å². The highest BCUT2D eigenvalue weighted by molar-refractivity contribution is 7.16. The van der Waals surface area contributed by atoms with Crippen molar-refractivity contribution < 1.29 is 69.3 Å². The number of hydrogen-bond donors (Lipinski definition) is 4. The number of carbonyl (C=O) groups excluding carboxylic acids is 3. The lowest BCUT2D eigenvalue weighted by atomic mass is 10.2. The third-order valence-electron chi connectivity index (χ3n) is 5.59. The molecule has 0 atom stereocenters. The number of ether oxygens (including phenoxy) is 1. The number of nitrogens with zero attached hydrogens (tertiary/aromatic N) is 2. The van der Waals surface area contributed by atoms with Gasteiger partial charge in [0.25, 0.3) is 0 Å². The molecule has 4 N–H and O–H groups in total. The second kappa shape index (κ2) is 20.0. The third kappa shape index (κ3) is 17.0. The molecule has 11 nitrogen and oxygen atoms in total. The fourth-order valence-electron chi connectivity index (χ4n) is 3.13. The first-order valence-electron chi connectivity index (χ1n) is 14.0. The van der Waals surface area contributed by atoms with Gasteiger partial charge in [0.1, 0.15) is 28.0 Å². The van der Waals surface area contributed by atoms with Crippen LogP contribution in [0.5, 0.6) is 0 Å². The molecule has 0 aliphatic heterocycles. The summed E-state index contributed by atoms with van der Waals surface area (Å²) in [4.78, 5) is 49.4. The zero-order valence-corrected chi connectivity index (χ0v) is 27.3. The number of carboxylic acids is 1. The van der Waals surface area contributed by atoms with Crippen LogP contribution in [0, 0.1) is 11.6 Å². The van der Waals surface area contributed by atoms with Gasteiger partial charge in [0, 0.05) is 12.8 Å². The molecule has 0 spiro atoms. The Labute approximate surface area is 290 Å².